The summed E-state index contributed by atoms with van der Waals surface area (Å²) in [7, 11) is -3.77. The quantitative estimate of drug-likeness (QED) is 0.750. The van der Waals surface area contributed by atoms with Crippen LogP contribution in [0.25, 0.3) is 10.1 Å². The highest BCUT2D eigenvalue weighted by atomic mass is 32.2. The highest BCUT2D eigenvalue weighted by molar-refractivity contribution is 7.90. The maximum atomic E-state index is 12.7. The van der Waals surface area contributed by atoms with Gasteiger partial charge in [0.25, 0.3) is 0 Å². The lowest BCUT2D eigenvalue weighted by Crippen LogP contribution is -2.30. The third-order valence-electron chi connectivity index (χ3n) is 3.35. The van der Waals surface area contributed by atoms with Gasteiger partial charge in [0.2, 0.25) is 10.0 Å². The molecule has 22 heavy (non-hydrogen) atoms. The maximum absolute atomic E-state index is 12.7. The van der Waals surface area contributed by atoms with Gasteiger partial charge in [-0.25, -0.2) is 8.42 Å². The Morgan fingerprint density at radius 3 is 2.73 bits per heavy atom. The maximum Gasteiger partial charge on any atom is 0.243 e. The smallest absolute Gasteiger partial charge is 0.243 e. The predicted octanol–water partition coefficient (Wildman–Crippen LogP) is 2.81. The van der Waals surface area contributed by atoms with Gasteiger partial charge < -0.3 is 9.52 Å². The van der Waals surface area contributed by atoms with Crippen LogP contribution < -0.4 is 4.72 Å². The first kappa shape index (κ1) is 15.2. The third kappa shape index (κ3) is 2.68. The molecule has 7 heteroatoms. The van der Waals surface area contributed by atoms with Gasteiger partial charge in [0.05, 0.1) is 12.9 Å². The molecule has 0 aliphatic rings. The fourth-order valence-electron chi connectivity index (χ4n) is 2.40. The average Bonchev–Trinajstić information content (AvgIpc) is 3.11. The zero-order valence-electron chi connectivity index (χ0n) is 11.8. The molecule has 0 radical (unpaired) electrons. The summed E-state index contributed by atoms with van der Waals surface area (Å²) in [5.74, 6) is 0.378. The van der Waals surface area contributed by atoms with Crippen LogP contribution in [0, 0.1) is 6.92 Å². The van der Waals surface area contributed by atoms with E-state index in [1.165, 1.54) is 17.6 Å². The summed E-state index contributed by atoms with van der Waals surface area (Å²) < 4.78 is 34.1. The van der Waals surface area contributed by atoms with Crippen LogP contribution in [-0.2, 0) is 10.0 Å². The van der Waals surface area contributed by atoms with E-state index in [1.54, 1.807) is 25.1 Å². The van der Waals surface area contributed by atoms with Crippen molar-refractivity contribution in [2.75, 3.05) is 6.61 Å². The number of aliphatic hydroxyl groups is 1. The second-order valence-electron chi connectivity index (χ2n) is 4.86. The SMILES string of the molecule is Cc1sc2ccccc2c1S(=O)(=O)NC(CO)c1ccco1. The molecule has 0 bridgehead atoms. The Bertz CT molecular complexity index is 882. The first-order chi connectivity index (χ1) is 10.5. The molecular formula is C15H15NO4S2. The Labute approximate surface area is 132 Å². The number of hydrogen-bond donors (Lipinski definition) is 2. The number of sulfonamides is 1. The van der Waals surface area contributed by atoms with E-state index in [0.29, 0.717) is 16.0 Å². The molecule has 2 N–H and O–H groups in total. The first-order valence-electron chi connectivity index (χ1n) is 6.67. The minimum atomic E-state index is -3.77. The molecule has 0 saturated heterocycles. The first-order valence-corrected chi connectivity index (χ1v) is 8.97. The van der Waals surface area contributed by atoms with Crippen molar-refractivity contribution in [2.45, 2.75) is 17.9 Å². The van der Waals surface area contributed by atoms with Crippen LogP contribution in [0.5, 0.6) is 0 Å². The van der Waals surface area contributed by atoms with Crippen molar-refractivity contribution in [1.29, 1.82) is 0 Å². The molecule has 1 unspecified atom stereocenters. The summed E-state index contributed by atoms with van der Waals surface area (Å²) >= 11 is 1.43. The van der Waals surface area contributed by atoms with E-state index in [9.17, 15) is 13.5 Å². The number of furan rings is 1. The number of benzene rings is 1. The van der Waals surface area contributed by atoms with Crippen LogP contribution >= 0.6 is 11.3 Å². The van der Waals surface area contributed by atoms with Gasteiger partial charge in [-0.05, 0) is 25.1 Å². The fraction of sp³-hybridized carbons (Fsp3) is 0.200. The average molecular weight is 337 g/mol. The van der Waals surface area contributed by atoms with Crippen LogP contribution in [-0.4, -0.2) is 20.1 Å². The summed E-state index contributed by atoms with van der Waals surface area (Å²) in [6, 6.07) is 9.83. The van der Waals surface area contributed by atoms with Crippen LogP contribution in [0.4, 0.5) is 0 Å². The predicted molar refractivity (Wildman–Crippen MR) is 85.4 cm³/mol. The third-order valence-corrected chi connectivity index (χ3v) is 6.22. The zero-order chi connectivity index (χ0) is 15.7. The van der Waals surface area contributed by atoms with Gasteiger partial charge in [0.15, 0.2) is 0 Å². The number of thiophene rings is 1. The second-order valence-corrected chi connectivity index (χ2v) is 7.76. The van der Waals surface area contributed by atoms with Gasteiger partial charge in [-0.15, -0.1) is 11.3 Å². The van der Waals surface area contributed by atoms with Crippen LogP contribution in [0.2, 0.25) is 0 Å². The lowest BCUT2D eigenvalue weighted by Gasteiger charge is -2.14. The molecule has 2 aromatic heterocycles. The Morgan fingerprint density at radius 2 is 2.05 bits per heavy atom. The summed E-state index contributed by atoms with van der Waals surface area (Å²) in [6.45, 7) is 1.40. The summed E-state index contributed by atoms with van der Waals surface area (Å²) in [6.07, 6.45) is 1.44. The number of rotatable bonds is 5. The Morgan fingerprint density at radius 1 is 1.27 bits per heavy atom. The van der Waals surface area contributed by atoms with E-state index in [1.807, 2.05) is 18.2 Å². The number of fused-ring (bicyclic) bond motifs is 1. The Balaban J connectivity index is 2.03. The van der Waals surface area contributed by atoms with E-state index in [-0.39, 0.29) is 11.5 Å². The van der Waals surface area contributed by atoms with Crippen molar-refractivity contribution in [3.63, 3.8) is 0 Å². The molecule has 116 valence electrons. The molecule has 0 saturated carbocycles. The van der Waals surface area contributed by atoms with E-state index in [0.717, 1.165) is 4.70 Å². The minimum Gasteiger partial charge on any atom is -0.468 e. The molecule has 1 aromatic carbocycles. The molecule has 0 aliphatic carbocycles. The van der Waals surface area contributed by atoms with Crippen molar-refractivity contribution in [1.82, 2.24) is 4.72 Å². The lowest BCUT2D eigenvalue weighted by atomic mass is 10.2. The van der Waals surface area contributed by atoms with Crippen molar-refractivity contribution in [3.05, 3.63) is 53.3 Å². The van der Waals surface area contributed by atoms with Gasteiger partial charge in [-0.1, -0.05) is 18.2 Å². The number of aryl methyl sites for hydroxylation is 1. The van der Waals surface area contributed by atoms with Gasteiger partial charge in [-0.2, -0.15) is 4.72 Å². The van der Waals surface area contributed by atoms with Crippen molar-refractivity contribution in [3.8, 4) is 0 Å². The van der Waals surface area contributed by atoms with E-state index < -0.39 is 16.1 Å². The molecule has 0 amide bonds. The molecule has 0 spiro atoms. The monoisotopic (exact) mass is 337 g/mol. The van der Waals surface area contributed by atoms with Crippen LogP contribution in [0.3, 0.4) is 0 Å². The van der Waals surface area contributed by atoms with Gasteiger partial charge >= 0.3 is 0 Å². The van der Waals surface area contributed by atoms with Gasteiger partial charge in [0.1, 0.15) is 16.7 Å². The molecule has 3 aromatic rings. The van der Waals surface area contributed by atoms with Crippen molar-refractivity contribution >= 4 is 31.4 Å². The van der Waals surface area contributed by atoms with Crippen molar-refractivity contribution in [2.24, 2.45) is 0 Å². The Kier molecular flexibility index (Phi) is 4.05. The second kappa shape index (κ2) is 5.85. The summed E-state index contributed by atoms with van der Waals surface area (Å²) in [5, 5.41) is 10.1. The number of hydrogen-bond acceptors (Lipinski definition) is 5. The topological polar surface area (TPSA) is 79.5 Å². The number of nitrogens with one attached hydrogen (secondary N) is 1. The van der Waals surface area contributed by atoms with E-state index in [4.69, 9.17) is 4.42 Å². The largest absolute Gasteiger partial charge is 0.468 e. The summed E-state index contributed by atoms with van der Waals surface area (Å²) in [5.41, 5.74) is 0. The molecule has 0 fully saturated rings. The molecule has 2 heterocycles. The van der Waals surface area contributed by atoms with Crippen LogP contribution in [0.1, 0.15) is 16.7 Å². The zero-order valence-corrected chi connectivity index (χ0v) is 13.4. The van der Waals surface area contributed by atoms with Gasteiger partial charge in [-0.3, -0.25) is 0 Å². The highest BCUT2D eigenvalue weighted by Gasteiger charge is 2.27. The van der Waals surface area contributed by atoms with Gasteiger partial charge in [0, 0.05) is 15.0 Å². The highest BCUT2D eigenvalue weighted by Crippen LogP contribution is 2.34. The number of aliphatic hydroxyl groups excluding tert-OH is 1. The Hall–Kier alpha value is -1.67. The summed E-state index contributed by atoms with van der Waals surface area (Å²) in [4.78, 5) is 0.975. The van der Waals surface area contributed by atoms with E-state index in [2.05, 4.69) is 4.72 Å². The fourth-order valence-corrected chi connectivity index (χ4v) is 5.41. The minimum absolute atomic E-state index is 0.262. The standard InChI is InChI=1S/C15H15NO4S2/c1-10-15(11-5-2-3-7-14(11)21-10)22(18,19)16-12(9-17)13-6-4-8-20-13/h2-8,12,16-17H,9H2,1H3. The normalized spacial score (nSPS) is 13.5. The molecule has 0 aliphatic heterocycles. The van der Waals surface area contributed by atoms with E-state index >= 15 is 0 Å². The van der Waals surface area contributed by atoms with Crippen LogP contribution in [0.15, 0.2) is 52.0 Å². The molecule has 3 rings (SSSR count). The lowest BCUT2D eigenvalue weighted by molar-refractivity contribution is 0.242. The molecule has 5 nitrogen and oxygen atoms in total. The molecular weight excluding hydrogens is 322 g/mol. The van der Waals surface area contributed by atoms with Crippen molar-refractivity contribution < 1.29 is 17.9 Å². The molecule has 1 atom stereocenters.